The number of amides is 2. The average molecular weight is 481 g/mol. The van der Waals surface area contributed by atoms with Crippen molar-refractivity contribution >= 4 is 21.6 Å². The molecule has 0 heterocycles. The van der Waals surface area contributed by atoms with E-state index in [4.69, 9.17) is 0 Å². The van der Waals surface area contributed by atoms with Crippen LogP contribution in [0.25, 0.3) is 11.1 Å². The maximum atomic E-state index is 15.1. The Bertz CT molecular complexity index is 1260. The van der Waals surface area contributed by atoms with Crippen molar-refractivity contribution < 1.29 is 30.8 Å². The first-order chi connectivity index (χ1) is 15.5. The molecular weight excluding hydrogens is 462 g/mol. The fourth-order valence-corrected chi connectivity index (χ4v) is 4.12. The normalized spacial score (nSPS) is 11.8. The van der Waals surface area contributed by atoms with E-state index in [1.165, 1.54) is 24.3 Å². The third kappa shape index (κ3) is 6.08. The number of rotatable bonds is 6. The van der Waals surface area contributed by atoms with Gasteiger partial charge in [-0.1, -0.05) is 54.6 Å². The Hall–Kier alpha value is -3.44. The number of halogens is 4. The Morgan fingerprint density at radius 3 is 2.30 bits per heavy atom. The van der Waals surface area contributed by atoms with Crippen molar-refractivity contribution in [2.45, 2.75) is 17.6 Å². The van der Waals surface area contributed by atoms with E-state index in [1.807, 2.05) is 0 Å². The van der Waals surface area contributed by atoms with Gasteiger partial charge in [-0.15, -0.1) is 0 Å². The molecule has 0 atom stereocenters. The molecule has 0 aliphatic carbocycles. The number of urea groups is 1. The van der Waals surface area contributed by atoms with Crippen molar-refractivity contribution in [2.75, 3.05) is 11.6 Å². The highest BCUT2D eigenvalue weighted by molar-refractivity contribution is 7.90. The van der Waals surface area contributed by atoms with E-state index >= 15 is 4.39 Å². The Balaban J connectivity index is 1.73. The van der Waals surface area contributed by atoms with Crippen LogP contribution in [0.2, 0.25) is 0 Å². The summed E-state index contributed by atoms with van der Waals surface area (Å²) in [6.07, 6.45) is -3.64. The van der Waals surface area contributed by atoms with Crippen LogP contribution in [-0.2, 0) is 22.6 Å². The van der Waals surface area contributed by atoms with E-state index in [9.17, 15) is 26.4 Å². The zero-order chi connectivity index (χ0) is 24.2. The van der Waals surface area contributed by atoms with Gasteiger partial charge in [0.1, 0.15) is 4.90 Å². The zero-order valence-corrected chi connectivity index (χ0v) is 18.0. The minimum atomic E-state index is -4.50. The molecule has 0 saturated heterocycles. The Kier molecular flexibility index (Phi) is 7.04. The van der Waals surface area contributed by atoms with Gasteiger partial charge in [-0.25, -0.2) is 23.0 Å². The predicted molar refractivity (Wildman–Crippen MR) is 115 cm³/mol. The molecule has 3 N–H and O–H groups in total. The van der Waals surface area contributed by atoms with Crippen molar-refractivity contribution in [1.82, 2.24) is 10.9 Å². The molecule has 0 spiro atoms. The zero-order valence-electron chi connectivity index (χ0n) is 17.2. The molecule has 0 aromatic heterocycles. The second-order valence-corrected chi connectivity index (χ2v) is 9.03. The van der Waals surface area contributed by atoms with E-state index in [0.717, 1.165) is 18.4 Å². The summed E-state index contributed by atoms with van der Waals surface area (Å²) >= 11 is 0. The van der Waals surface area contributed by atoms with Crippen molar-refractivity contribution in [3.63, 3.8) is 0 Å². The van der Waals surface area contributed by atoms with Gasteiger partial charge in [-0.2, -0.15) is 13.2 Å². The summed E-state index contributed by atoms with van der Waals surface area (Å²) in [6, 6.07) is 14.5. The molecule has 2 amide bonds. The monoisotopic (exact) mass is 481 g/mol. The molecule has 0 aliphatic heterocycles. The van der Waals surface area contributed by atoms with E-state index in [-0.39, 0.29) is 23.4 Å². The highest BCUT2D eigenvalue weighted by Crippen LogP contribution is 2.33. The van der Waals surface area contributed by atoms with Crippen molar-refractivity contribution in [3.8, 4) is 11.1 Å². The van der Waals surface area contributed by atoms with Crippen LogP contribution in [0.5, 0.6) is 0 Å². The number of benzene rings is 3. The molecule has 3 aromatic rings. The van der Waals surface area contributed by atoms with Gasteiger partial charge in [-0.3, -0.25) is 5.43 Å². The van der Waals surface area contributed by atoms with Crippen LogP contribution in [0.1, 0.15) is 11.1 Å². The number of carbonyl (C=O) groups is 1. The summed E-state index contributed by atoms with van der Waals surface area (Å²) in [7, 11) is -3.99. The maximum Gasteiger partial charge on any atom is 0.416 e. The summed E-state index contributed by atoms with van der Waals surface area (Å²) < 4.78 is 77.9. The van der Waals surface area contributed by atoms with Gasteiger partial charge in [0, 0.05) is 18.4 Å². The lowest BCUT2D eigenvalue weighted by Gasteiger charge is -2.15. The number of nitrogens with one attached hydrogen (secondary N) is 3. The number of anilines is 1. The molecule has 3 rings (SSSR count). The lowest BCUT2D eigenvalue weighted by atomic mass is 10.0. The highest BCUT2D eigenvalue weighted by Gasteiger charge is 2.30. The fraction of sp³-hybridized carbons (Fsp3) is 0.136. The molecule has 33 heavy (non-hydrogen) atoms. The average Bonchev–Trinajstić information content (AvgIpc) is 2.74. The van der Waals surface area contributed by atoms with Crippen LogP contribution in [0.3, 0.4) is 0 Å². The topological polar surface area (TPSA) is 87.3 Å². The number of hydrazine groups is 1. The van der Waals surface area contributed by atoms with Gasteiger partial charge in [-0.05, 0) is 23.3 Å². The molecule has 6 nitrogen and oxygen atoms in total. The number of hydrogen-bond acceptors (Lipinski definition) is 4. The number of hydrogen-bond donors (Lipinski definition) is 3. The molecule has 0 unspecified atom stereocenters. The lowest BCUT2D eigenvalue weighted by Crippen LogP contribution is -2.40. The molecule has 11 heteroatoms. The van der Waals surface area contributed by atoms with Crippen LogP contribution >= 0.6 is 0 Å². The summed E-state index contributed by atoms with van der Waals surface area (Å²) in [5.41, 5.74) is 4.27. The number of alkyl halides is 3. The van der Waals surface area contributed by atoms with Crippen LogP contribution < -0.4 is 16.2 Å². The molecule has 0 bridgehead atoms. The van der Waals surface area contributed by atoms with Gasteiger partial charge in [0.2, 0.25) is 0 Å². The fourth-order valence-electron chi connectivity index (χ4n) is 3.10. The maximum absolute atomic E-state index is 15.1. The Morgan fingerprint density at radius 1 is 0.970 bits per heavy atom. The van der Waals surface area contributed by atoms with Crippen molar-refractivity contribution in [2.24, 2.45) is 0 Å². The largest absolute Gasteiger partial charge is 0.416 e. The standard InChI is InChI=1S/C22H19F4N3O3S/c1-33(31,32)20-17(15-7-3-2-4-8-15)10-11-18(19(20)23)28-21(30)29-27-13-14-6-5-9-16(12-14)22(24,25)26/h2-12,27H,13H2,1H3,(H2,28,29,30). The summed E-state index contributed by atoms with van der Waals surface area (Å²) in [5, 5.41) is 2.19. The van der Waals surface area contributed by atoms with Crippen LogP contribution in [0.15, 0.2) is 71.6 Å². The first kappa shape index (κ1) is 24.2. The van der Waals surface area contributed by atoms with E-state index in [2.05, 4.69) is 16.2 Å². The summed E-state index contributed by atoms with van der Waals surface area (Å²) in [4.78, 5) is 11.5. The quantitative estimate of drug-likeness (QED) is 0.351. The second kappa shape index (κ2) is 9.59. The summed E-state index contributed by atoms with van der Waals surface area (Å²) in [6.45, 7) is -0.138. The second-order valence-electron chi connectivity index (χ2n) is 7.07. The number of sulfone groups is 1. The molecule has 0 fully saturated rings. The Labute approximate surface area is 187 Å². The van der Waals surface area contributed by atoms with E-state index in [1.54, 1.807) is 30.3 Å². The minimum Gasteiger partial charge on any atom is -0.304 e. The molecule has 0 saturated carbocycles. The first-order valence-electron chi connectivity index (χ1n) is 9.51. The van der Waals surface area contributed by atoms with Gasteiger partial charge < -0.3 is 5.32 Å². The van der Waals surface area contributed by atoms with Crippen LogP contribution in [0.4, 0.5) is 28.0 Å². The van der Waals surface area contributed by atoms with Gasteiger partial charge in [0.25, 0.3) is 0 Å². The smallest absolute Gasteiger partial charge is 0.304 e. The predicted octanol–water partition coefficient (Wildman–Crippen LogP) is 4.74. The first-order valence-corrected chi connectivity index (χ1v) is 11.4. The van der Waals surface area contributed by atoms with E-state index < -0.39 is 38.3 Å². The van der Waals surface area contributed by atoms with Crippen LogP contribution in [0, 0.1) is 5.82 Å². The minimum absolute atomic E-state index is 0.138. The van der Waals surface area contributed by atoms with Gasteiger partial charge in [0.05, 0.1) is 11.3 Å². The highest BCUT2D eigenvalue weighted by atomic mass is 32.2. The van der Waals surface area contributed by atoms with Crippen LogP contribution in [-0.4, -0.2) is 20.7 Å². The Morgan fingerprint density at radius 2 is 1.67 bits per heavy atom. The SMILES string of the molecule is CS(=O)(=O)c1c(-c2ccccc2)ccc(NC(=O)NNCc2cccc(C(F)(F)F)c2)c1F. The van der Waals surface area contributed by atoms with Gasteiger partial charge >= 0.3 is 12.2 Å². The molecular formula is C22H19F4N3O3S. The molecule has 0 radical (unpaired) electrons. The van der Waals surface area contributed by atoms with Crippen molar-refractivity contribution in [1.29, 1.82) is 0 Å². The number of carbonyl (C=O) groups excluding carboxylic acids is 1. The molecule has 3 aromatic carbocycles. The third-order valence-corrected chi connectivity index (χ3v) is 5.69. The lowest BCUT2D eigenvalue weighted by molar-refractivity contribution is -0.137. The molecule has 174 valence electrons. The van der Waals surface area contributed by atoms with Gasteiger partial charge in [0.15, 0.2) is 15.7 Å². The summed E-state index contributed by atoms with van der Waals surface area (Å²) in [5.74, 6) is -1.13. The van der Waals surface area contributed by atoms with Crippen molar-refractivity contribution in [3.05, 3.63) is 83.7 Å². The molecule has 0 aliphatic rings. The van der Waals surface area contributed by atoms with E-state index in [0.29, 0.717) is 5.56 Å². The third-order valence-electron chi connectivity index (χ3n) is 4.55.